The van der Waals surface area contributed by atoms with Crippen molar-refractivity contribution in [2.24, 2.45) is 0 Å². The van der Waals surface area contributed by atoms with E-state index in [-0.39, 0.29) is 18.0 Å². The van der Waals surface area contributed by atoms with Gasteiger partial charge in [0.1, 0.15) is 5.75 Å². The van der Waals surface area contributed by atoms with Crippen LogP contribution in [0.4, 0.5) is 15.3 Å². The minimum absolute atomic E-state index is 0.0688. The number of fused-ring (bicyclic) bond motifs is 1. The van der Waals surface area contributed by atoms with Crippen molar-refractivity contribution in [3.8, 4) is 5.75 Å². The van der Waals surface area contributed by atoms with Crippen molar-refractivity contribution in [2.75, 3.05) is 32.1 Å². The highest BCUT2D eigenvalue weighted by atomic mass is 16.5. The molecule has 2 N–H and O–H groups in total. The summed E-state index contributed by atoms with van der Waals surface area (Å²) in [5.41, 5.74) is 1.88. The quantitative estimate of drug-likeness (QED) is 0.872. The Morgan fingerprint density at radius 3 is 2.67 bits per heavy atom. The van der Waals surface area contributed by atoms with Crippen LogP contribution >= 0.6 is 0 Å². The largest absolute Gasteiger partial charge is 0.497 e. The van der Waals surface area contributed by atoms with E-state index in [9.17, 15) is 9.59 Å². The molecule has 2 aliphatic rings. The van der Waals surface area contributed by atoms with Gasteiger partial charge < -0.3 is 25.0 Å². The standard InChI is InChI=1S/C17H23N3O4/c1-11-10-20(12-5-7-19(8-6-12)17(22)23)16(21)18-15-4-3-13(24-2)9-14(11)15/h3-4,9,11-12H,5-8,10H2,1-2H3,(H,18,21)(H,22,23). The van der Waals surface area contributed by atoms with Gasteiger partial charge in [0.05, 0.1) is 7.11 Å². The first-order valence-electron chi connectivity index (χ1n) is 8.23. The number of hydrogen-bond acceptors (Lipinski definition) is 3. The number of rotatable bonds is 2. The lowest BCUT2D eigenvalue weighted by Crippen LogP contribution is -2.50. The lowest BCUT2D eigenvalue weighted by molar-refractivity contribution is 0.106. The topological polar surface area (TPSA) is 82.1 Å². The van der Waals surface area contributed by atoms with E-state index in [1.165, 1.54) is 4.90 Å². The number of carboxylic acid groups (broad SMARTS) is 1. The summed E-state index contributed by atoms with van der Waals surface area (Å²) < 4.78 is 5.29. The van der Waals surface area contributed by atoms with E-state index in [1.807, 2.05) is 23.1 Å². The fraction of sp³-hybridized carbons (Fsp3) is 0.529. The molecular formula is C17H23N3O4. The smallest absolute Gasteiger partial charge is 0.407 e. The molecule has 0 aliphatic carbocycles. The summed E-state index contributed by atoms with van der Waals surface area (Å²) in [7, 11) is 1.63. The van der Waals surface area contributed by atoms with Gasteiger partial charge in [0.2, 0.25) is 0 Å². The molecule has 0 saturated carbocycles. The van der Waals surface area contributed by atoms with Crippen LogP contribution in [0.25, 0.3) is 0 Å². The fourth-order valence-corrected chi connectivity index (χ4v) is 3.54. The number of benzene rings is 1. The van der Waals surface area contributed by atoms with Crippen LogP contribution in [0.5, 0.6) is 5.75 Å². The Morgan fingerprint density at radius 1 is 1.33 bits per heavy atom. The molecule has 1 unspecified atom stereocenters. The predicted octanol–water partition coefficient (Wildman–Crippen LogP) is 2.79. The number of nitrogens with one attached hydrogen (secondary N) is 1. The third kappa shape index (κ3) is 3.11. The van der Waals surface area contributed by atoms with Crippen LogP contribution in [0, 0.1) is 0 Å². The van der Waals surface area contributed by atoms with Gasteiger partial charge in [-0.2, -0.15) is 0 Å². The van der Waals surface area contributed by atoms with Gasteiger partial charge in [0, 0.05) is 37.3 Å². The Balaban J connectivity index is 1.76. The summed E-state index contributed by atoms with van der Waals surface area (Å²) in [6.45, 7) is 3.65. The summed E-state index contributed by atoms with van der Waals surface area (Å²) in [6, 6.07) is 5.64. The molecule has 130 valence electrons. The number of piperidine rings is 1. The maximum atomic E-state index is 12.6. The van der Waals surface area contributed by atoms with Crippen molar-refractivity contribution in [1.82, 2.24) is 9.80 Å². The molecule has 2 aliphatic heterocycles. The zero-order chi connectivity index (χ0) is 17.3. The highest BCUT2D eigenvalue weighted by molar-refractivity contribution is 5.91. The molecule has 7 heteroatoms. The number of carbonyl (C=O) groups is 2. The van der Waals surface area contributed by atoms with Crippen LogP contribution in [0.2, 0.25) is 0 Å². The van der Waals surface area contributed by atoms with E-state index in [4.69, 9.17) is 9.84 Å². The number of carbonyl (C=O) groups excluding carboxylic acids is 1. The maximum Gasteiger partial charge on any atom is 0.407 e. The predicted molar refractivity (Wildman–Crippen MR) is 89.8 cm³/mol. The van der Waals surface area contributed by atoms with E-state index in [2.05, 4.69) is 12.2 Å². The van der Waals surface area contributed by atoms with Gasteiger partial charge in [-0.25, -0.2) is 9.59 Å². The monoisotopic (exact) mass is 333 g/mol. The third-order valence-electron chi connectivity index (χ3n) is 4.94. The molecule has 24 heavy (non-hydrogen) atoms. The van der Waals surface area contributed by atoms with Crippen molar-refractivity contribution >= 4 is 17.8 Å². The van der Waals surface area contributed by atoms with Crippen LogP contribution < -0.4 is 10.1 Å². The molecule has 0 bridgehead atoms. The Labute approximate surface area is 141 Å². The zero-order valence-corrected chi connectivity index (χ0v) is 14.0. The number of amides is 3. The summed E-state index contributed by atoms with van der Waals surface area (Å²) >= 11 is 0. The Kier molecular flexibility index (Phi) is 4.51. The number of urea groups is 1. The number of hydrogen-bond donors (Lipinski definition) is 2. The van der Waals surface area contributed by atoms with Crippen molar-refractivity contribution < 1.29 is 19.4 Å². The SMILES string of the molecule is COc1ccc2c(c1)C(C)CN(C1CCN(C(=O)O)CC1)C(=O)N2. The fourth-order valence-electron chi connectivity index (χ4n) is 3.54. The lowest BCUT2D eigenvalue weighted by Gasteiger charge is -2.37. The van der Waals surface area contributed by atoms with Gasteiger partial charge in [-0.05, 0) is 36.6 Å². The molecule has 3 rings (SSSR count). The molecule has 1 aromatic carbocycles. The Hall–Kier alpha value is -2.44. The van der Waals surface area contributed by atoms with E-state index < -0.39 is 6.09 Å². The first kappa shape index (κ1) is 16.4. The van der Waals surface area contributed by atoms with Gasteiger partial charge >= 0.3 is 12.1 Å². The van der Waals surface area contributed by atoms with Crippen LogP contribution in [0.3, 0.4) is 0 Å². The van der Waals surface area contributed by atoms with Crippen LogP contribution in [-0.2, 0) is 0 Å². The minimum Gasteiger partial charge on any atom is -0.497 e. The summed E-state index contributed by atoms with van der Waals surface area (Å²) in [5.74, 6) is 0.949. The van der Waals surface area contributed by atoms with Crippen LogP contribution in [0.15, 0.2) is 18.2 Å². The van der Waals surface area contributed by atoms with Crippen molar-refractivity contribution in [1.29, 1.82) is 0 Å². The number of ether oxygens (including phenoxy) is 1. The van der Waals surface area contributed by atoms with E-state index >= 15 is 0 Å². The Morgan fingerprint density at radius 2 is 2.04 bits per heavy atom. The highest BCUT2D eigenvalue weighted by Crippen LogP contribution is 2.33. The zero-order valence-electron chi connectivity index (χ0n) is 14.0. The second-order valence-corrected chi connectivity index (χ2v) is 6.44. The average Bonchev–Trinajstić information content (AvgIpc) is 2.71. The van der Waals surface area contributed by atoms with Gasteiger partial charge in [0.25, 0.3) is 0 Å². The van der Waals surface area contributed by atoms with E-state index in [0.29, 0.717) is 32.5 Å². The molecule has 1 fully saturated rings. The third-order valence-corrected chi connectivity index (χ3v) is 4.94. The molecule has 1 saturated heterocycles. The maximum absolute atomic E-state index is 12.6. The molecule has 0 spiro atoms. The molecular weight excluding hydrogens is 310 g/mol. The van der Waals surface area contributed by atoms with E-state index in [0.717, 1.165) is 17.0 Å². The summed E-state index contributed by atoms with van der Waals surface area (Å²) in [4.78, 5) is 27.0. The number of likely N-dealkylation sites (tertiary alicyclic amines) is 1. The van der Waals surface area contributed by atoms with Gasteiger partial charge in [-0.1, -0.05) is 6.92 Å². The van der Waals surface area contributed by atoms with Crippen LogP contribution in [-0.4, -0.2) is 59.8 Å². The molecule has 1 aromatic rings. The number of nitrogens with zero attached hydrogens (tertiary/aromatic N) is 2. The number of methoxy groups -OCH3 is 1. The molecule has 2 heterocycles. The molecule has 0 radical (unpaired) electrons. The lowest BCUT2D eigenvalue weighted by atomic mass is 9.97. The van der Waals surface area contributed by atoms with Crippen LogP contribution in [0.1, 0.15) is 31.2 Å². The first-order valence-corrected chi connectivity index (χ1v) is 8.23. The number of anilines is 1. The van der Waals surface area contributed by atoms with Gasteiger partial charge in [-0.3, -0.25) is 0 Å². The van der Waals surface area contributed by atoms with Crippen molar-refractivity contribution in [3.05, 3.63) is 23.8 Å². The second kappa shape index (κ2) is 6.59. The second-order valence-electron chi connectivity index (χ2n) is 6.44. The molecule has 7 nitrogen and oxygen atoms in total. The average molecular weight is 333 g/mol. The minimum atomic E-state index is -0.887. The highest BCUT2D eigenvalue weighted by Gasteiger charge is 2.33. The van der Waals surface area contributed by atoms with Gasteiger partial charge in [-0.15, -0.1) is 0 Å². The summed E-state index contributed by atoms with van der Waals surface area (Å²) in [5, 5.41) is 12.0. The summed E-state index contributed by atoms with van der Waals surface area (Å²) in [6.07, 6.45) is 0.458. The van der Waals surface area contributed by atoms with Crippen molar-refractivity contribution in [3.63, 3.8) is 0 Å². The molecule has 3 amide bonds. The van der Waals surface area contributed by atoms with Gasteiger partial charge in [0.15, 0.2) is 0 Å². The van der Waals surface area contributed by atoms with Crippen molar-refractivity contribution in [2.45, 2.75) is 31.7 Å². The molecule has 0 aromatic heterocycles. The first-order chi connectivity index (χ1) is 11.5. The molecule has 1 atom stereocenters. The Bertz CT molecular complexity index is 641. The normalized spacial score (nSPS) is 21.8. The van der Waals surface area contributed by atoms with E-state index in [1.54, 1.807) is 7.11 Å².